The lowest BCUT2D eigenvalue weighted by Crippen LogP contribution is -3.00. The van der Waals surface area contributed by atoms with Crippen LogP contribution in [0.2, 0.25) is 0 Å². The molecule has 1 aliphatic rings. The zero-order valence-corrected chi connectivity index (χ0v) is 14.2. The molecule has 0 bridgehead atoms. The standard InChI is InChI=1S/C18H16NS.BrH/c1-13-11-12-19-15-9-5-6-10-16(15)20-18(19)17(13)14-7-3-2-4-8-14;/h2-10H,11-12H2,1H3;1H/q+1;/p-1. The van der Waals surface area contributed by atoms with Crippen molar-refractivity contribution in [3.05, 3.63) is 70.7 Å². The molecule has 3 heteroatoms. The van der Waals surface area contributed by atoms with E-state index in [-0.39, 0.29) is 17.0 Å². The summed E-state index contributed by atoms with van der Waals surface area (Å²) in [5.41, 5.74) is 5.64. The molecule has 1 aromatic heterocycles. The third-order valence-corrected chi connectivity index (χ3v) is 5.20. The fourth-order valence-electron chi connectivity index (χ4n) is 3.00. The summed E-state index contributed by atoms with van der Waals surface area (Å²) in [6.45, 7) is 3.37. The molecule has 0 fully saturated rings. The first-order valence-corrected chi connectivity index (χ1v) is 7.83. The Morgan fingerprint density at radius 3 is 2.48 bits per heavy atom. The van der Waals surface area contributed by atoms with E-state index in [4.69, 9.17) is 0 Å². The number of hydrogen-bond donors (Lipinski definition) is 0. The van der Waals surface area contributed by atoms with Crippen molar-refractivity contribution in [2.75, 3.05) is 0 Å². The van der Waals surface area contributed by atoms with Gasteiger partial charge in [0.25, 0.3) is 5.01 Å². The Labute approximate surface area is 139 Å². The number of benzene rings is 2. The van der Waals surface area contributed by atoms with Crippen LogP contribution < -0.4 is 21.5 Å². The highest BCUT2D eigenvalue weighted by Crippen LogP contribution is 2.35. The van der Waals surface area contributed by atoms with Gasteiger partial charge in [0.1, 0.15) is 4.70 Å². The molecule has 0 atom stereocenters. The maximum Gasteiger partial charge on any atom is 0.270 e. The Morgan fingerprint density at radius 2 is 1.67 bits per heavy atom. The monoisotopic (exact) mass is 357 g/mol. The minimum atomic E-state index is 0. The number of fused-ring (bicyclic) bond motifs is 3. The van der Waals surface area contributed by atoms with Crippen molar-refractivity contribution in [1.29, 1.82) is 0 Å². The van der Waals surface area contributed by atoms with Crippen molar-refractivity contribution in [3.63, 3.8) is 0 Å². The molecule has 0 unspecified atom stereocenters. The molecule has 2 aromatic carbocycles. The second-order valence-corrected chi connectivity index (χ2v) is 6.33. The van der Waals surface area contributed by atoms with Gasteiger partial charge in [-0.3, -0.25) is 0 Å². The smallest absolute Gasteiger partial charge is 0.270 e. The van der Waals surface area contributed by atoms with Gasteiger partial charge in [0, 0.05) is 12.5 Å². The van der Waals surface area contributed by atoms with E-state index in [1.165, 1.54) is 31.9 Å². The van der Waals surface area contributed by atoms with Crippen molar-refractivity contribution in [2.24, 2.45) is 0 Å². The van der Waals surface area contributed by atoms with Crippen LogP contribution in [-0.4, -0.2) is 0 Å². The summed E-state index contributed by atoms with van der Waals surface area (Å²) in [6.07, 6.45) is 1.14. The molecule has 0 amide bonds. The van der Waals surface area contributed by atoms with E-state index in [9.17, 15) is 0 Å². The van der Waals surface area contributed by atoms with E-state index in [2.05, 4.69) is 66.1 Å². The Bertz CT molecular complexity index is 818. The molecule has 3 aromatic rings. The molecular weight excluding hydrogens is 342 g/mol. The van der Waals surface area contributed by atoms with Gasteiger partial charge in [0.05, 0.1) is 5.57 Å². The van der Waals surface area contributed by atoms with Gasteiger partial charge in [-0.05, 0) is 18.6 Å². The van der Waals surface area contributed by atoms with E-state index >= 15 is 0 Å². The summed E-state index contributed by atoms with van der Waals surface area (Å²) in [5.74, 6) is 0. The van der Waals surface area contributed by atoms with Crippen LogP contribution >= 0.6 is 11.3 Å². The van der Waals surface area contributed by atoms with Crippen molar-refractivity contribution in [1.82, 2.24) is 0 Å². The van der Waals surface area contributed by atoms with Crippen LogP contribution in [0.3, 0.4) is 0 Å². The van der Waals surface area contributed by atoms with E-state index in [1.807, 2.05) is 11.3 Å². The molecule has 0 saturated carbocycles. The Morgan fingerprint density at radius 1 is 0.952 bits per heavy atom. The maximum absolute atomic E-state index is 2.48. The number of hydrogen-bond acceptors (Lipinski definition) is 1. The largest absolute Gasteiger partial charge is 1.00 e. The summed E-state index contributed by atoms with van der Waals surface area (Å²) < 4.78 is 3.86. The number of thiazole rings is 1. The predicted octanol–water partition coefficient (Wildman–Crippen LogP) is 1.42. The predicted molar refractivity (Wildman–Crippen MR) is 84.8 cm³/mol. The highest BCUT2D eigenvalue weighted by atomic mass is 79.9. The van der Waals surface area contributed by atoms with Gasteiger partial charge < -0.3 is 17.0 Å². The summed E-state index contributed by atoms with van der Waals surface area (Å²) in [7, 11) is 0. The lowest BCUT2D eigenvalue weighted by Gasteiger charge is -2.13. The number of aromatic nitrogens is 1. The van der Waals surface area contributed by atoms with Crippen molar-refractivity contribution in [3.8, 4) is 0 Å². The summed E-state index contributed by atoms with van der Waals surface area (Å²) in [4.78, 5) is 0. The molecule has 21 heavy (non-hydrogen) atoms. The normalized spacial score (nSPS) is 14.0. The maximum atomic E-state index is 2.48. The van der Waals surface area contributed by atoms with Crippen LogP contribution in [0.15, 0.2) is 60.2 Å². The topological polar surface area (TPSA) is 3.88 Å². The highest BCUT2D eigenvalue weighted by Gasteiger charge is 2.29. The van der Waals surface area contributed by atoms with Gasteiger partial charge in [-0.2, -0.15) is 4.57 Å². The second kappa shape index (κ2) is 5.74. The first kappa shape index (κ1) is 14.5. The van der Waals surface area contributed by atoms with Gasteiger partial charge in [-0.25, -0.2) is 0 Å². The zero-order valence-electron chi connectivity index (χ0n) is 11.8. The number of rotatable bonds is 1. The third kappa shape index (κ3) is 2.34. The zero-order chi connectivity index (χ0) is 13.5. The van der Waals surface area contributed by atoms with Crippen molar-refractivity contribution >= 4 is 27.1 Å². The average Bonchev–Trinajstić information content (AvgIpc) is 2.86. The average molecular weight is 358 g/mol. The van der Waals surface area contributed by atoms with Gasteiger partial charge >= 0.3 is 0 Å². The number of allylic oxidation sites excluding steroid dienone is 1. The molecule has 4 rings (SSSR count). The molecule has 0 N–H and O–H groups in total. The molecule has 1 aliphatic heterocycles. The highest BCUT2D eigenvalue weighted by molar-refractivity contribution is 7.19. The SMILES string of the molecule is CC1=C(c2ccccc2)c2sc3ccccc3[n+]2CC1.[Br-]. The first-order chi connectivity index (χ1) is 9.84. The summed E-state index contributed by atoms with van der Waals surface area (Å²) >= 11 is 1.91. The Hall–Kier alpha value is -1.45. The fraction of sp³-hybridized carbons (Fsp3) is 0.167. The summed E-state index contributed by atoms with van der Waals surface area (Å²) in [5, 5.41) is 1.40. The van der Waals surface area contributed by atoms with Gasteiger partial charge in [-0.1, -0.05) is 59.4 Å². The molecule has 2 heterocycles. The third-order valence-electron chi connectivity index (χ3n) is 4.02. The fourth-order valence-corrected chi connectivity index (χ4v) is 4.34. The number of nitrogens with zero attached hydrogens (tertiary/aromatic N) is 1. The summed E-state index contributed by atoms with van der Waals surface area (Å²) in [6, 6.07) is 19.5. The number of para-hydroxylation sites is 1. The molecule has 0 radical (unpaired) electrons. The number of aryl methyl sites for hydroxylation is 1. The van der Waals surface area contributed by atoms with Gasteiger partial charge in [0.15, 0.2) is 6.54 Å². The van der Waals surface area contributed by atoms with Crippen LogP contribution in [0.4, 0.5) is 0 Å². The van der Waals surface area contributed by atoms with Crippen LogP contribution in [0, 0.1) is 0 Å². The Balaban J connectivity index is 0.00000132. The van der Waals surface area contributed by atoms with E-state index in [0.29, 0.717) is 0 Å². The molecule has 106 valence electrons. The minimum absolute atomic E-state index is 0. The van der Waals surface area contributed by atoms with Crippen molar-refractivity contribution in [2.45, 2.75) is 19.9 Å². The van der Waals surface area contributed by atoms with Gasteiger partial charge in [0.2, 0.25) is 5.52 Å². The molecule has 0 saturated heterocycles. The Kier molecular flexibility index (Phi) is 3.96. The van der Waals surface area contributed by atoms with Crippen LogP contribution in [0.25, 0.3) is 15.8 Å². The molecule has 0 aliphatic carbocycles. The first-order valence-electron chi connectivity index (χ1n) is 7.01. The lowest BCUT2D eigenvalue weighted by atomic mass is 9.97. The van der Waals surface area contributed by atoms with E-state index in [1.54, 1.807) is 0 Å². The van der Waals surface area contributed by atoms with Crippen molar-refractivity contribution < 1.29 is 21.5 Å². The van der Waals surface area contributed by atoms with Crippen LogP contribution in [0.5, 0.6) is 0 Å². The molecule has 0 spiro atoms. The minimum Gasteiger partial charge on any atom is -1.00 e. The van der Waals surface area contributed by atoms with Gasteiger partial charge in [-0.15, -0.1) is 0 Å². The quantitative estimate of drug-likeness (QED) is 0.580. The number of halogens is 1. The molecular formula is C18H16BrNS. The molecule has 1 nitrogen and oxygen atoms in total. The van der Waals surface area contributed by atoms with E-state index < -0.39 is 0 Å². The van der Waals surface area contributed by atoms with E-state index in [0.717, 1.165) is 13.0 Å². The van der Waals surface area contributed by atoms with Crippen LogP contribution in [0.1, 0.15) is 23.9 Å². The lowest BCUT2D eigenvalue weighted by molar-refractivity contribution is -0.670. The van der Waals surface area contributed by atoms with Crippen LogP contribution in [-0.2, 0) is 6.54 Å². The second-order valence-electron chi connectivity index (χ2n) is 5.30.